The maximum Gasteiger partial charge on any atom is 0.306 e. The first-order valence-corrected chi connectivity index (χ1v) is 8.88. The van der Waals surface area contributed by atoms with E-state index in [1.807, 2.05) is 6.07 Å². The lowest BCUT2D eigenvalue weighted by Gasteiger charge is -2.14. The van der Waals surface area contributed by atoms with Gasteiger partial charge in [0.2, 0.25) is 0 Å². The highest BCUT2D eigenvalue weighted by atomic mass is 35.5. The van der Waals surface area contributed by atoms with Crippen LogP contribution in [0.4, 0.5) is 10.1 Å². The second kappa shape index (κ2) is 9.94. The molecule has 8 heteroatoms. The van der Waals surface area contributed by atoms with Crippen LogP contribution in [0, 0.1) is 5.82 Å². The summed E-state index contributed by atoms with van der Waals surface area (Å²) in [4.78, 5) is 24.1. The van der Waals surface area contributed by atoms with Crippen molar-refractivity contribution in [2.75, 3.05) is 19.5 Å². The topological polar surface area (TPSA) is 73.9 Å². The number of aryl methyl sites for hydroxylation is 1. The molecular formula is C20H21ClFNO5. The second-order valence-electron chi connectivity index (χ2n) is 5.93. The van der Waals surface area contributed by atoms with Crippen molar-refractivity contribution in [3.63, 3.8) is 0 Å². The SMILES string of the molecule is COc1ccc(CCC(=O)O[C@@H](C)C(=O)Nc2ccc(Cl)cc2F)cc1OC. The highest BCUT2D eigenvalue weighted by Crippen LogP contribution is 2.28. The Labute approximate surface area is 167 Å². The molecule has 28 heavy (non-hydrogen) atoms. The Morgan fingerprint density at radius 2 is 1.82 bits per heavy atom. The number of amides is 1. The monoisotopic (exact) mass is 409 g/mol. The number of nitrogens with one attached hydrogen (secondary N) is 1. The molecule has 0 aliphatic rings. The third-order valence-corrected chi connectivity index (χ3v) is 4.17. The molecule has 0 fully saturated rings. The van der Waals surface area contributed by atoms with Gasteiger partial charge in [-0.25, -0.2) is 4.39 Å². The van der Waals surface area contributed by atoms with E-state index in [1.165, 1.54) is 33.3 Å². The fraction of sp³-hybridized carbons (Fsp3) is 0.300. The van der Waals surface area contributed by atoms with Crippen LogP contribution in [-0.2, 0) is 20.7 Å². The molecule has 0 heterocycles. The van der Waals surface area contributed by atoms with E-state index in [2.05, 4.69) is 5.32 Å². The zero-order chi connectivity index (χ0) is 20.7. The summed E-state index contributed by atoms with van der Waals surface area (Å²) in [6, 6.07) is 9.19. The van der Waals surface area contributed by atoms with Crippen LogP contribution in [0.3, 0.4) is 0 Å². The molecule has 0 aromatic heterocycles. The number of hydrogen-bond donors (Lipinski definition) is 1. The first kappa shape index (κ1) is 21.5. The maximum atomic E-state index is 13.7. The van der Waals surface area contributed by atoms with Gasteiger partial charge in [-0.1, -0.05) is 17.7 Å². The molecule has 0 saturated carbocycles. The standard InChI is InChI=1S/C20H21ClFNO5/c1-12(20(25)23-16-7-6-14(21)11-15(16)22)28-19(24)9-5-13-4-8-17(26-2)18(10-13)27-3/h4,6-8,10-12H,5,9H2,1-3H3,(H,23,25)/t12-/m0/s1. The molecule has 2 rings (SSSR count). The number of carbonyl (C=O) groups excluding carboxylic acids is 2. The third kappa shape index (κ3) is 5.85. The van der Waals surface area contributed by atoms with Crippen molar-refractivity contribution in [1.82, 2.24) is 0 Å². The van der Waals surface area contributed by atoms with Gasteiger partial charge in [0.05, 0.1) is 19.9 Å². The van der Waals surface area contributed by atoms with E-state index in [9.17, 15) is 14.0 Å². The van der Waals surface area contributed by atoms with Gasteiger partial charge in [-0.05, 0) is 49.2 Å². The molecule has 150 valence electrons. The first-order chi connectivity index (χ1) is 13.3. The lowest BCUT2D eigenvalue weighted by molar-refractivity contribution is -0.153. The molecule has 0 aliphatic heterocycles. The minimum absolute atomic E-state index is 0.0392. The fourth-order valence-electron chi connectivity index (χ4n) is 2.42. The molecule has 1 amide bonds. The summed E-state index contributed by atoms with van der Waals surface area (Å²) in [5.41, 5.74) is 0.817. The number of ether oxygens (including phenoxy) is 3. The van der Waals surface area contributed by atoms with E-state index in [4.69, 9.17) is 25.8 Å². The van der Waals surface area contributed by atoms with Crippen LogP contribution >= 0.6 is 11.6 Å². The largest absolute Gasteiger partial charge is 0.493 e. The summed E-state index contributed by atoms with van der Waals surface area (Å²) in [5, 5.41) is 2.58. The summed E-state index contributed by atoms with van der Waals surface area (Å²) >= 11 is 5.67. The number of methoxy groups -OCH3 is 2. The van der Waals surface area contributed by atoms with Crippen molar-refractivity contribution < 1.29 is 28.2 Å². The van der Waals surface area contributed by atoms with Gasteiger partial charge in [0.25, 0.3) is 5.91 Å². The molecule has 1 N–H and O–H groups in total. The van der Waals surface area contributed by atoms with Gasteiger partial charge in [-0.15, -0.1) is 0 Å². The molecule has 0 aliphatic carbocycles. The highest BCUT2D eigenvalue weighted by Gasteiger charge is 2.19. The number of esters is 1. The number of carbonyl (C=O) groups is 2. The van der Waals surface area contributed by atoms with Crippen molar-refractivity contribution in [2.24, 2.45) is 0 Å². The van der Waals surface area contributed by atoms with E-state index < -0.39 is 23.8 Å². The van der Waals surface area contributed by atoms with Gasteiger partial charge in [0.1, 0.15) is 5.82 Å². The Bertz CT molecular complexity index is 858. The molecule has 2 aromatic carbocycles. The van der Waals surface area contributed by atoms with Gasteiger partial charge in [-0.2, -0.15) is 0 Å². The van der Waals surface area contributed by atoms with Gasteiger partial charge < -0.3 is 19.5 Å². The Morgan fingerprint density at radius 3 is 2.46 bits per heavy atom. The zero-order valence-electron chi connectivity index (χ0n) is 15.8. The van der Waals surface area contributed by atoms with Crippen LogP contribution in [0.25, 0.3) is 0 Å². The van der Waals surface area contributed by atoms with Crippen molar-refractivity contribution in [1.29, 1.82) is 0 Å². The lowest BCUT2D eigenvalue weighted by Crippen LogP contribution is -2.30. The highest BCUT2D eigenvalue weighted by molar-refractivity contribution is 6.30. The quantitative estimate of drug-likeness (QED) is 0.667. The van der Waals surface area contributed by atoms with Gasteiger partial charge in [0, 0.05) is 11.4 Å². The van der Waals surface area contributed by atoms with E-state index in [-0.39, 0.29) is 17.1 Å². The number of benzene rings is 2. The minimum Gasteiger partial charge on any atom is -0.493 e. The molecule has 2 aromatic rings. The fourth-order valence-corrected chi connectivity index (χ4v) is 2.58. The third-order valence-electron chi connectivity index (χ3n) is 3.93. The maximum absolute atomic E-state index is 13.7. The van der Waals surface area contributed by atoms with Crippen LogP contribution in [0.5, 0.6) is 11.5 Å². The number of anilines is 1. The summed E-state index contributed by atoms with van der Waals surface area (Å²) in [5.74, 6) is -0.706. The summed E-state index contributed by atoms with van der Waals surface area (Å²) in [7, 11) is 3.07. The molecule has 1 atom stereocenters. The van der Waals surface area contributed by atoms with Crippen LogP contribution < -0.4 is 14.8 Å². The summed E-state index contributed by atoms with van der Waals surface area (Å²) < 4.78 is 29.2. The van der Waals surface area contributed by atoms with Crippen LogP contribution in [0.15, 0.2) is 36.4 Å². The summed E-state index contributed by atoms with van der Waals surface area (Å²) in [6.07, 6.45) is -0.602. The molecule has 0 saturated heterocycles. The predicted molar refractivity (Wildman–Crippen MR) is 103 cm³/mol. The average Bonchev–Trinajstić information content (AvgIpc) is 2.68. The van der Waals surface area contributed by atoms with Crippen molar-refractivity contribution in [2.45, 2.75) is 25.9 Å². The number of rotatable bonds is 8. The van der Waals surface area contributed by atoms with Crippen LogP contribution in [-0.4, -0.2) is 32.2 Å². The van der Waals surface area contributed by atoms with Crippen molar-refractivity contribution in [3.05, 3.63) is 52.8 Å². The first-order valence-electron chi connectivity index (χ1n) is 8.50. The van der Waals surface area contributed by atoms with E-state index in [0.717, 1.165) is 11.6 Å². The Kier molecular flexibility index (Phi) is 7.63. The predicted octanol–water partition coefficient (Wildman–Crippen LogP) is 4.00. The van der Waals surface area contributed by atoms with Crippen molar-refractivity contribution in [3.8, 4) is 11.5 Å². The molecule has 0 radical (unpaired) electrons. The van der Waals surface area contributed by atoms with E-state index >= 15 is 0 Å². The lowest BCUT2D eigenvalue weighted by atomic mass is 10.1. The smallest absolute Gasteiger partial charge is 0.306 e. The molecule has 0 unspecified atom stereocenters. The Hall–Kier alpha value is -2.80. The number of halogens is 2. The molecule has 0 bridgehead atoms. The van der Waals surface area contributed by atoms with Gasteiger partial charge in [0.15, 0.2) is 17.6 Å². The minimum atomic E-state index is -1.08. The Morgan fingerprint density at radius 1 is 1.11 bits per heavy atom. The van der Waals surface area contributed by atoms with Crippen LogP contribution in [0.2, 0.25) is 5.02 Å². The molecule has 6 nitrogen and oxygen atoms in total. The zero-order valence-corrected chi connectivity index (χ0v) is 16.5. The normalized spacial score (nSPS) is 11.5. The Balaban J connectivity index is 1.87. The van der Waals surface area contributed by atoms with Gasteiger partial charge >= 0.3 is 5.97 Å². The van der Waals surface area contributed by atoms with E-state index in [1.54, 1.807) is 12.1 Å². The average molecular weight is 410 g/mol. The van der Waals surface area contributed by atoms with Gasteiger partial charge in [-0.3, -0.25) is 9.59 Å². The van der Waals surface area contributed by atoms with Crippen LogP contribution in [0.1, 0.15) is 18.9 Å². The molecule has 0 spiro atoms. The number of hydrogen-bond acceptors (Lipinski definition) is 5. The second-order valence-corrected chi connectivity index (χ2v) is 6.37. The van der Waals surface area contributed by atoms with Crippen molar-refractivity contribution >= 4 is 29.2 Å². The summed E-state index contributed by atoms with van der Waals surface area (Å²) in [6.45, 7) is 1.41. The van der Waals surface area contributed by atoms with E-state index in [0.29, 0.717) is 17.9 Å². The molecular weight excluding hydrogens is 389 g/mol.